The number of oxazole rings is 1. The quantitative estimate of drug-likeness (QED) is 0.840. The standard InChI is InChI=1S/C14H17NO3/c1-15-12-7-4-10(8-13(12)18-14(15)17)9-2-5-11(16)6-3-9/h4,7-9,11,16H,2-3,5-6H2,1H3. The molecule has 4 nitrogen and oxygen atoms in total. The molecule has 4 heteroatoms. The fourth-order valence-corrected chi connectivity index (χ4v) is 2.81. The number of aliphatic hydroxyl groups is 1. The van der Waals surface area contributed by atoms with Crippen LogP contribution >= 0.6 is 0 Å². The van der Waals surface area contributed by atoms with Crippen LogP contribution in [0.1, 0.15) is 37.2 Å². The Morgan fingerprint density at radius 1 is 1.28 bits per heavy atom. The van der Waals surface area contributed by atoms with Gasteiger partial charge in [-0.3, -0.25) is 4.57 Å². The third-order valence-electron chi connectivity index (χ3n) is 3.98. The first-order valence-corrected chi connectivity index (χ1v) is 6.42. The number of hydrogen-bond acceptors (Lipinski definition) is 3. The lowest BCUT2D eigenvalue weighted by atomic mass is 9.83. The lowest BCUT2D eigenvalue weighted by molar-refractivity contribution is 0.122. The monoisotopic (exact) mass is 247 g/mol. The molecule has 1 aliphatic rings. The van der Waals surface area contributed by atoms with Gasteiger partial charge in [0.25, 0.3) is 0 Å². The second-order valence-electron chi connectivity index (χ2n) is 5.16. The Hall–Kier alpha value is -1.55. The largest absolute Gasteiger partial charge is 0.419 e. The van der Waals surface area contributed by atoms with Crippen LogP contribution in [0.5, 0.6) is 0 Å². The summed E-state index contributed by atoms with van der Waals surface area (Å²) >= 11 is 0. The molecule has 18 heavy (non-hydrogen) atoms. The van der Waals surface area contributed by atoms with Gasteiger partial charge in [0.05, 0.1) is 11.6 Å². The summed E-state index contributed by atoms with van der Waals surface area (Å²) in [5.74, 6) is 0.157. The second kappa shape index (κ2) is 4.28. The lowest BCUT2D eigenvalue weighted by Gasteiger charge is -2.25. The average Bonchev–Trinajstić information content (AvgIpc) is 2.65. The van der Waals surface area contributed by atoms with Crippen molar-refractivity contribution in [2.45, 2.75) is 37.7 Å². The summed E-state index contributed by atoms with van der Waals surface area (Å²) in [6, 6.07) is 5.99. The van der Waals surface area contributed by atoms with Gasteiger partial charge in [-0.25, -0.2) is 4.79 Å². The van der Waals surface area contributed by atoms with E-state index in [-0.39, 0.29) is 11.9 Å². The fraction of sp³-hybridized carbons (Fsp3) is 0.500. The molecule has 0 bridgehead atoms. The van der Waals surface area contributed by atoms with E-state index in [1.165, 1.54) is 10.1 Å². The van der Waals surface area contributed by atoms with E-state index in [1.807, 2.05) is 12.1 Å². The van der Waals surface area contributed by atoms with Crippen LogP contribution in [0.15, 0.2) is 27.4 Å². The number of nitrogens with zero attached hydrogens (tertiary/aromatic N) is 1. The summed E-state index contributed by atoms with van der Waals surface area (Å²) in [5.41, 5.74) is 2.70. The van der Waals surface area contributed by atoms with E-state index in [4.69, 9.17) is 4.42 Å². The summed E-state index contributed by atoms with van der Waals surface area (Å²) < 4.78 is 6.73. The molecule has 1 N–H and O–H groups in total. The van der Waals surface area contributed by atoms with Crippen LogP contribution in [-0.4, -0.2) is 15.8 Å². The third kappa shape index (κ3) is 1.86. The molecule has 0 unspecified atom stereocenters. The van der Waals surface area contributed by atoms with E-state index < -0.39 is 0 Å². The predicted molar refractivity (Wildman–Crippen MR) is 68.7 cm³/mol. The molecule has 0 atom stereocenters. The minimum atomic E-state index is -0.318. The summed E-state index contributed by atoms with van der Waals surface area (Å²) in [5, 5.41) is 9.52. The van der Waals surface area contributed by atoms with Crippen molar-refractivity contribution < 1.29 is 9.52 Å². The number of aryl methyl sites for hydroxylation is 1. The summed E-state index contributed by atoms with van der Waals surface area (Å²) in [4.78, 5) is 11.4. The molecule has 0 saturated heterocycles. The van der Waals surface area contributed by atoms with E-state index in [0.717, 1.165) is 31.2 Å². The maximum Gasteiger partial charge on any atom is 0.419 e. The summed E-state index contributed by atoms with van der Waals surface area (Å²) in [6.07, 6.45) is 3.59. The molecular formula is C14H17NO3. The van der Waals surface area contributed by atoms with Crippen LogP contribution in [0, 0.1) is 0 Å². The number of aromatic nitrogens is 1. The maximum absolute atomic E-state index is 11.4. The highest BCUT2D eigenvalue weighted by atomic mass is 16.4. The van der Waals surface area contributed by atoms with E-state index in [9.17, 15) is 9.90 Å². The SMILES string of the molecule is Cn1c(=O)oc2cc(C3CCC(O)CC3)ccc21. The molecule has 0 aliphatic heterocycles. The van der Waals surface area contributed by atoms with Crippen LogP contribution in [0.4, 0.5) is 0 Å². The van der Waals surface area contributed by atoms with Crippen LogP contribution in [0.25, 0.3) is 11.1 Å². The van der Waals surface area contributed by atoms with Crippen molar-refractivity contribution in [2.75, 3.05) is 0 Å². The molecule has 2 aromatic rings. The Labute approximate surface area is 105 Å². The molecule has 0 radical (unpaired) electrons. The van der Waals surface area contributed by atoms with Crippen molar-refractivity contribution in [3.8, 4) is 0 Å². The minimum Gasteiger partial charge on any atom is -0.408 e. The summed E-state index contributed by atoms with van der Waals surface area (Å²) in [6.45, 7) is 0. The molecule has 0 amide bonds. The van der Waals surface area contributed by atoms with Gasteiger partial charge in [-0.1, -0.05) is 6.07 Å². The fourth-order valence-electron chi connectivity index (χ4n) is 2.81. The maximum atomic E-state index is 11.4. The highest BCUT2D eigenvalue weighted by Gasteiger charge is 2.21. The Balaban J connectivity index is 1.96. The molecule has 96 valence electrons. The molecule has 1 aromatic heterocycles. The molecule has 1 fully saturated rings. The second-order valence-corrected chi connectivity index (χ2v) is 5.16. The Morgan fingerprint density at radius 3 is 2.72 bits per heavy atom. The van der Waals surface area contributed by atoms with E-state index in [0.29, 0.717) is 11.5 Å². The van der Waals surface area contributed by atoms with Gasteiger partial charge in [-0.05, 0) is 49.3 Å². The van der Waals surface area contributed by atoms with Gasteiger partial charge in [-0.15, -0.1) is 0 Å². The minimum absolute atomic E-state index is 0.139. The van der Waals surface area contributed by atoms with Crippen molar-refractivity contribution in [1.29, 1.82) is 0 Å². The Morgan fingerprint density at radius 2 is 2.00 bits per heavy atom. The third-order valence-corrected chi connectivity index (χ3v) is 3.98. The van der Waals surface area contributed by atoms with E-state index in [1.54, 1.807) is 7.05 Å². The molecule has 1 aromatic carbocycles. The zero-order valence-corrected chi connectivity index (χ0v) is 10.4. The zero-order chi connectivity index (χ0) is 12.7. The van der Waals surface area contributed by atoms with Gasteiger partial charge in [-0.2, -0.15) is 0 Å². The summed E-state index contributed by atoms with van der Waals surface area (Å²) in [7, 11) is 1.71. The topological polar surface area (TPSA) is 55.4 Å². The highest BCUT2D eigenvalue weighted by Crippen LogP contribution is 2.33. The van der Waals surface area contributed by atoms with Gasteiger partial charge in [0.1, 0.15) is 0 Å². The first-order valence-electron chi connectivity index (χ1n) is 6.42. The first kappa shape index (κ1) is 11.5. The van der Waals surface area contributed by atoms with Crippen LogP contribution in [-0.2, 0) is 7.05 Å². The van der Waals surface area contributed by atoms with Gasteiger partial charge < -0.3 is 9.52 Å². The van der Waals surface area contributed by atoms with Crippen molar-refractivity contribution in [3.63, 3.8) is 0 Å². The van der Waals surface area contributed by atoms with Gasteiger partial charge >= 0.3 is 5.76 Å². The molecule has 1 saturated carbocycles. The van der Waals surface area contributed by atoms with Gasteiger partial charge in [0.2, 0.25) is 0 Å². The number of aliphatic hydroxyl groups excluding tert-OH is 1. The van der Waals surface area contributed by atoms with E-state index in [2.05, 4.69) is 6.07 Å². The molecule has 1 aliphatic carbocycles. The van der Waals surface area contributed by atoms with Gasteiger partial charge in [0.15, 0.2) is 5.58 Å². The average molecular weight is 247 g/mol. The number of rotatable bonds is 1. The predicted octanol–water partition coefficient (Wildman–Crippen LogP) is 2.15. The highest BCUT2D eigenvalue weighted by molar-refractivity contribution is 5.73. The van der Waals surface area contributed by atoms with E-state index >= 15 is 0 Å². The molecular weight excluding hydrogens is 230 g/mol. The Kier molecular flexibility index (Phi) is 2.74. The van der Waals surface area contributed by atoms with Crippen LogP contribution in [0.2, 0.25) is 0 Å². The van der Waals surface area contributed by atoms with Crippen molar-refractivity contribution in [1.82, 2.24) is 4.57 Å². The van der Waals surface area contributed by atoms with Crippen LogP contribution < -0.4 is 5.76 Å². The van der Waals surface area contributed by atoms with Crippen molar-refractivity contribution >= 4 is 11.1 Å². The zero-order valence-electron chi connectivity index (χ0n) is 10.4. The number of fused-ring (bicyclic) bond motifs is 1. The van der Waals surface area contributed by atoms with Crippen LogP contribution in [0.3, 0.4) is 0 Å². The molecule has 1 heterocycles. The lowest BCUT2D eigenvalue weighted by Crippen LogP contribution is -2.16. The number of hydrogen-bond donors (Lipinski definition) is 1. The van der Waals surface area contributed by atoms with Crippen molar-refractivity contribution in [3.05, 3.63) is 34.3 Å². The molecule has 0 spiro atoms. The van der Waals surface area contributed by atoms with Gasteiger partial charge in [0, 0.05) is 7.05 Å². The normalized spacial score (nSPS) is 24.6. The van der Waals surface area contributed by atoms with Crippen molar-refractivity contribution in [2.24, 2.45) is 7.05 Å². The first-order chi connectivity index (χ1) is 8.65. The Bertz CT molecular complexity index is 617. The smallest absolute Gasteiger partial charge is 0.408 e. The molecule has 3 rings (SSSR count). The number of benzene rings is 1.